The predicted molar refractivity (Wildman–Crippen MR) is 75.8 cm³/mol. The van der Waals surface area contributed by atoms with Gasteiger partial charge in [0.2, 0.25) is 0 Å². The van der Waals surface area contributed by atoms with Crippen LogP contribution in [0.25, 0.3) is 0 Å². The van der Waals surface area contributed by atoms with Gasteiger partial charge in [-0.15, -0.1) is 11.8 Å². The minimum absolute atomic E-state index is 0.382. The highest BCUT2D eigenvalue weighted by atomic mass is 32.2. The van der Waals surface area contributed by atoms with Gasteiger partial charge in [0.15, 0.2) is 0 Å². The predicted octanol–water partition coefficient (Wildman–Crippen LogP) is 3.19. The van der Waals surface area contributed by atoms with Gasteiger partial charge in [0, 0.05) is 17.9 Å². The number of nitrogens with one attached hydrogen (secondary N) is 1. The summed E-state index contributed by atoms with van der Waals surface area (Å²) in [7, 11) is 0. The fraction of sp³-hybridized carbons (Fsp3) is 0.714. The number of hydrogen-bond acceptors (Lipinski definition) is 4. The van der Waals surface area contributed by atoms with E-state index in [1.807, 2.05) is 11.8 Å². The molecule has 102 valence electrons. The van der Waals surface area contributed by atoms with Crippen LogP contribution in [0.1, 0.15) is 38.7 Å². The zero-order valence-electron chi connectivity index (χ0n) is 11.4. The second-order valence-electron chi connectivity index (χ2n) is 5.12. The van der Waals surface area contributed by atoms with E-state index in [2.05, 4.69) is 38.2 Å². The van der Waals surface area contributed by atoms with Crippen molar-refractivity contribution in [2.24, 2.45) is 0 Å². The maximum absolute atomic E-state index is 5.80. The number of ether oxygens (including phenoxy) is 1. The summed E-state index contributed by atoms with van der Waals surface area (Å²) in [6.07, 6.45) is 1.54. The first-order valence-corrected chi connectivity index (χ1v) is 7.74. The van der Waals surface area contributed by atoms with E-state index in [1.54, 1.807) is 0 Å². The van der Waals surface area contributed by atoms with Gasteiger partial charge in [-0.1, -0.05) is 13.8 Å². The first kappa shape index (κ1) is 14.0. The lowest BCUT2D eigenvalue weighted by Gasteiger charge is -2.12. The summed E-state index contributed by atoms with van der Waals surface area (Å²) in [4.78, 5) is 0. The molecule has 2 atom stereocenters. The molecule has 0 spiro atoms. The van der Waals surface area contributed by atoms with Gasteiger partial charge < -0.3 is 14.5 Å². The van der Waals surface area contributed by atoms with Crippen molar-refractivity contribution < 1.29 is 9.15 Å². The van der Waals surface area contributed by atoms with E-state index in [9.17, 15) is 0 Å². The van der Waals surface area contributed by atoms with Gasteiger partial charge in [-0.3, -0.25) is 0 Å². The molecule has 18 heavy (non-hydrogen) atoms. The molecule has 2 rings (SSSR count). The third kappa shape index (κ3) is 4.04. The van der Waals surface area contributed by atoms with Gasteiger partial charge in [0.05, 0.1) is 18.4 Å². The standard InChI is InChI=1S/C14H23NO2S/c1-10(2)15-8-12-4-5-13(17-12)9-18-14-6-7-16-11(14)3/h4-5,10-11,14-15H,6-9H2,1-3H3. The molecule has 1 saturated heterocycles. The van der Waals surface area contributed by atoms with Crippen LogP contribution in [0.4, 0.5) is 0 Å². The zero-order chi connectivity index (χ0) is 13.0. The van der Waals surface area contributed by atoms with E-state index < -0.39 is 0 Å². The Bertz CT molecular complexity index is 364. The van der Waals surface area contributed by atoms with Crippen LogP contribution in [0.5, 0.6) is 0 Å². The van der Waals surface area contributed by atoms with Crippen molar-refractivity contribution in [3.05, 3.63) is 23.7 Å². The molecule has 0 bridgehead atoms. The molecule has 0 saturated carbocycles. The number of hydrogen-bond donors (Lipinski definition) is 1. The number of rotatable bonds is 6. The summed E-state index contributed by atoms with van der Waals surface area (Å²) in [6, 6.07) is 4.65. The Labute approximate surface area is 114 Å². The normalized spacial score (nSPS) is 24.0. The molecule has 0 amide bonds. The van der Waals surface area contributed by atoms with Crippen LogP contribution in [-0.4, -0.2) is 24.0 Å². The van der Waals surface area contributed by atoms with Crippen LogP contribution in [-0.2, 0) is 17.0 Å². The van der Waals surface area contributed by atoms with Crippen molar-refractivity contribution in [3.63, 3.8) is 0 Å². The second-order valence-corrected chi connectivity index (χ2v) is 6.35. The van der Waals surface area contributed by atoms with Crippen molar-refractivity contribution in [2.75, 3.05) is 6.61 Å². The molecular formula is C14H23NO2S. The minimum atomic E-state index is 0.382. The van der Waals surface area contributed by atoms with Crippen molar-refractivity contribution in [1.29, 1.82) is 0 Å². The summed E-state index contributed by atoms with van der Waals surface area (Å²) in [5, 5.41) is 3.98. The van der Waals surface area contributed by atoms with Crippen LogP contribution >= 0.6 is 11.8 Å². The molecule has 3 nitrogen and oxygen atoms in total. The molecular weight excluding hydrogens is 246 g/mol. The quantitative estimate of drug-likeness (QED) is 0.860. The second kappa shape index (κ2) is 6.64. The van der Waals surface area contributed by atoms with Gasteiger partial charge in [0.1, 0.15) is 11.5 Å². The van der Waals surface area contributed by atoms with Crippen molar-refractivity contribution in [3.8, 4) is 0 Å². The van der Waals surface area contributed by atoms with Crippen LogP contribution in [0, 0.1) is 0 Å². The maximum Gasteiger partial charge on any atom is 0.118 e. The fourth-order valence-corrected chi connectivity index (χ4v) is 3.17. The van der Waals surface area contributed by atoms with Gasteiger partial charge in [-0.05, 0) is 25.5 Å². The number of furan rings is 1. The monoisotopic (exact) mass is 269 g/mol. The van der Waals surface area contributed by atoms with E-state index in [0.29, 0.717) is 17.4 Å². The average molecular weight is 269 g/mol. The maximum atomic E-state index is 5.80. The highest BCUT2D eigenvalue weighted by Crippen LogP contribution is 2.29. The Morgan fingerprint density at radius 1 is 1.39 bits per heavy atom. The Balaban J connectivity index is 1.76. The lowest BCUT2D eigenvalue weighted by Crippen LogP contribution is -2.21. The molecule has 1 aromatic rings. The lowest BCUT2D eigenvalue weighted by molar-refractivity contribution is 0.127. The molecule has 1 fully saturated rings. The van der Waals surface area contributed by atoms with Gasteiger partial charge in [0.25, 0.3) is 0 Å². The Kier molecular flexibility index (Phi) is 5.15. The third-order valence-electron chi connectivity index (χ3n) is 3.15. The van der Waals surface area contributed by atoms with Crippen LogP contribution in [0.15, 0.2) is 16.5 Å². The van der Waals surface area contributed by atoms with E-state index in [1.165, 1.54) is 0 Å². The van der Waals surface area contributed by atoms with Gasteiger partial charge in [-0.2, -0.15) is 0 Å². The Hall–Kier alpha value is -0.450. The molecule has 2 unspecified atom stereocenters. The van der Waals surface area contributed by atoms with E-state index in [-0.39, 0.29) is 0 Å². The van der Waals surface area contributed by atoms with E-state index >= 15 is 0 Å². The van der Waals surface area contributed by atoms with E-state index in [0.717, 1.165) is 36.8 Å². The van der Waals surface area contributed by atoms with Crippen LogP contribution < -0.4 is 5.32 Å². The molecule has 0 aromatic carbocycles. The third-order valence-corrected chi connectivity index (χ3v) is 4.65. The smallest absolute Gasteiger partial charge is 0.118 e. The molecule has 2 heterocycles. The minimum Gasteiger partial charge on any atom is -0.464 e. The van der Waals surface area contributed by atoms with Crippen molar-refractivity contribution in [1.82, 2.24) is 5.32 Å². The topological polar surface area (TPSA) is 34.4 Å². The van der Waals surface area contributed by atoms with Crippen molar-refractivity contribution in [2.45, 2.75) is 56.9 Å². The fourth-order valence-electron chi connectivity index (χ4n) is 2.02. The molecule has 1 aliphatic heterocycles. The van der Waals surface area contributed by atoms with Crippen LogP contribution in [0.2, 0.25) is 0 Å². The highest BCUT2D eigenvalue weighted by Gasteiger charge is 2.24. The van der Waals surface area contributed by atoms with Crippen LogP contribution in [0.3, 0.4) is 0 Å². The van der Waals surface area contributed by atoms with Gasteiger partial charge >= 0.3 is 0 Å². The molecule has 1 N–H and O–H groups in total. The SMILES string of the molecule is CC(C)NCc1ccc(CSC2CCOC2C)o1. The summed E-state index contributed by atoms with van der Waals surface area (Å²) < 4.78 is 11.4. The molecule has 1 aliphatic rings. The summed E-state index contributed by atoms with van der Waals surface area (Å²) in [6.45, 7) is 8.15. The molecule has 0 radical (unpaired) electrons. The molecule has 4 heteroatoms. The summed E-state index contributed by atoms with van der Waals surface area (Å²) >= 11 is 1.94. The van der Waals surface area contributed by atoms with Crippen molar-refractivity contribution >= 4 is 11.8 Å². The summed E-state index contributed by atoms with van der Waals surface area (Å²) in [5.74, 6) is 3.04. The Morgan fingerprint density at radius 3 is 2.83 bits per heavy atom. The van der Waals surface area contributed by atoms with Gasteiger partial charge in [-0.25, -0.2) is 0 Å². The average Bonchev–Trinajstić information content (AvgIpc) is 2.93. The Morgan fingerprint density at radius 2 is 2.17 bits per heavy atom. The summed E-state index contributed by atoms with van der Waals surface area (Å²) in [5.41, 5.74) is 0. The largest absolute Gasteiger partial charge is 0.464 e. The molecule has 1 aromatic heterocycles. The highest BCUT2D eigenvalue weighted by molar-refractivity contribution is 7.99. The lowest BCUT2D eigenvalue weighted by atomic mass is 10.3. The first-order valence-electron chi connectivity index (χ1n) is 6.69. The molecule has 0 aliphatic carbocycles. The van der Waals surface area contributed by atoms with E-state index in [4.69, 9.17) is 9.15 Å². The first-order chi connectivity index (χ1) is 8.65. The number of thioether (sulfide) groups is 1. The zero-order valence-corrected chi connectivity index (χ0v) is 12.3.